The number of nitro benzene ring substituents is 1. The average Bonchev–Trinajstić information content (AvgIpc) is 2.67. The van der Waals surface area contributed by atoms with Gasteiger partial charge in [0.15, 0.2) is 0 Å². The van der Waals surface area contributed by atoms with Crippen molar-refractivity contribution < 1.29 is 14.8 Å². The number of amides is 1. The van der Waals surface area contributed by atoms with E-state index in [1.807, 2.05) is 42.5 Å². The third-order valence-corrected chi connectivity index (χ3v) is 3.82. The lowest BCUT2D eigenvalue weighted by Crippen LogP contribution is -2.25. The van der Waals surface area contributed by atoms with E-state index in [1.165, 1.54) is 12.1 Å². The number of carbonyl (C=O) groups is 1. The van der Waals surface area contributed by atoms with Gasteiger partial charge in [-0.15, -0.1) is 0 Å². The van der Waals surface area contributed by atoms with Crippen molar-refractivity contribution in [1.29, 1.82) is 0 Å². The topological polar surface area (TPSA) is 117 Å². The van der Waals surface area contributed by atoms with Crippen LogP contribution in [0.3, 0.4) is 0 Å². The second-order valence-corrected chi connectivity index (χ2v) is 5.71. The molecule has 3 aromatic rings. The van der Waals surface area contributed by atoms with Crippen molar-refractivity contribution >= 4 is 34.3 Å². The van der Waals surface area contributed by atoms with Crippen molar-refractivity contribution in [3.8, 4) is 5.75 Å². The van der Waals surface area contributed by atoms with E-state index < -0.39 is 10.8 Å². The molecule has 0 saturated carbocycles. The summed E-state index contributed by atoms with van der Waals surface area (Å²) in [6.45, 7) is -0.00337. The molecule has 0 aliphatic carbocycles. The van der Waals surface area contributed by atoms with Crippen molar-refractivity contribution in [3.05, 3.63) is 76.3 Å². The van der Waals surface area contributed by atoms with Gasteiger partial charge in [-0.2, -0.15) is 5.10 Å². The molecule has 27 heavy (non-hydrogen) atoms. The summed E-state index contributed by atoms with van der Waals surface area (Å²) in [5.74, 6) is -0.572. The smallest absolute Gasteiger partial charge is 0.270 e. The SMILES string of the molecule is O=C(CNc1ccc2ccccc2c1)N/N=C/c1cc([N+](=O)[O-])ccc1O. The van der Waals surface area contributed by atoms with Gasteiger partial charge in [0.2, 0.25) is 0 Å². The van der Waals surface area contributed by atoms with Crippen LogP contribution in [0.4, 0.5) is 11.4 Å². The number of nitrogens with one attached hydrogen (secondary N) is 2. The molecule has 0 atom stereocenters. The number of phenolic OH excluding ortho intramolecular Hbond substituents is 1. The summed E-state index contributed by atoms with van der Waals surface area (Å²) in [4.78, 5) is 22.0. The third kappa shape index (κ3) is 4.57. The minimum absolute atomic E-state index is 0.00337. The van der Waals surface area contributed by atoms with E-state index in [2.05, 4.69) is 15.8 Å². The molecule has 3 rings (SSSR count). The van der Waals surface area contributed by atoms with Crippen molar-refractivity contribution in [2.75, 3.05) is 11.9 Å². The fourth-order valence-electron chi connectivity index (χ4n) is 2.45. The Morgan fingerprint density at radius 1 is 1.11 bits per heavy atom. The van der Waals surface area contributed by atoms with Crippen molar-refractivity contribution in [2.45, 2.75) is 0 Å². The normalized spacial score (nSPS) is 10.8. The summed E-state index contributed by atoms with van der Waals surface area (Å²) < 4.78 is 0. The molecule has 1 amide bonds. The summed E-state index contributed by atoms with van der Waals surface area (Å²) >= 11 is 0. The second-order valence-electron chi connectivity index (χ2n) is 5.71. The summed E-state index contributed by atoms with van der Waals surface area (Å²) in [5.41, 5.74) is 3.05. The van der Waals surface area contributed by atoms with E-state index >= 15 is 0 Å². The monoisotopic (exact) mass is 364 g/mol. The number of non-ortho nitro benzene ring substituents is 1. The number of hydrazone groups is 1. The summed E-state index contributed by atoms with van der Waals surface area (Å²) in [6, 6.07) is 17.2. The Bertz CT molecular complexity index is 1030. The van der Waals surface area contributed by atoms with Crippen LogP contribution in [0.1, 0.15) is 5.56 Å². The van der Waals surface area contributed by atoms with Crippen LogP contribution >= 0.6 is 0 Å². The van der Waals surface area contributed by atoms with E-state index in [0.29, 0.717) is 0 Å². The first-order valence-electron chi connectivity index (χ1n) is 8.05. The van der Waals surface area contributed by atoms with Gasteiger partial charge in [-0.05, 0) is 29.0 Å². The van der Waals surface area contributed by atoms with Gasteiger partial charge < -0.3 is 10.4 Å². The van der Waals surface area contributed by atoms with E-state index in [0.717, 1.165) is 28.7 Å². The van der Waals surface area contributed by atoms with Crippen LogP contribution < -0.4 is 10.7 Å². The molecule has 136 valence electrons. The Balaban J connectivity index is 1.57. The zero-order chi connectivity index (χ0) is 19.2. The highest BCUT2D eigenvalue weighted by molar-refractivity contribution is 5.88. The lowest BCUT2D eigenvalue weighted by atomic mass is 10.1. The third-order valence-electron chi connectivity index (χ3n) is 3.82. The van der Waals surface area contributed by atoms with Gasteiger partial charge in [0.1, 0.15) is 5.75 Å². The highest BCUT2D eigenvalue weighted by atomic mass is 16.6. The standard InChI is InChI=1S/C19H16N4O4/c24-18-8-7-17(23(26)27)10-15(18)11-21-22-19(25)12-20-16-6-5-13-3-1-2-4-14(13)9-16/h1-11,20,24H,12H2,(H,22,25)/b21-11+. The average molecular weight is 364 g/mol. The van der Waals surface area contributed by atoms with Gasteiger partial charge in [0.05, 0.1) is 17.7 Å². The van der Waals surface area contributed by atoms with Crippen LogP contribution in [-0.4, -0.2) is 28.7 Å². The van der Waals surface area contributed by atoms with Gasteiger partial charge in [0.25, 0.3) is 11.6 Å². The fourth-order valence-corrected chi connectivity index (χ4v) is 2.45. The highest BCUT2D eigenvalue weighted by Crippen LogP contribution is 2.21. The zero-order valence-corrected chi connectivity index (χ0v) is 14.1. The molecule has 0 aromatic heterocycles. The number of nitrogens with zero attached hydrogens (tertiary/aromatic N) is 2. The Kier molecular flexibility index (Phi) is 5.27. The lowest BCUT2D eigenvalue weighted by Gasteiger charge is -2.06. The van der Waals surface area contributed by atoms with Crippen LogP contribution in [0.2, 0.25) is 0 Å². The van der Waals surface area contributed by atoms with E-state index in [9.17, 15) is 20.0 Å². The molecule has 0 radical (unpaired) electrons. The number of hydrogen-bond acceptors (Lipinski definition) is 6. The molecular formula is C19H16N4O4. The van der Waals surface area contributed by atoms with Gasteiger partial charge in [0, 0.05) is 23.4 Å². The van der Waals surface area contributed by atoms with Gasteiger partial charge in [-0.1, -0.05) is 30.3 Å². The first kappa shape index (κ1) is 17.9. The van der Waals surface area contributed by atoms with Crippen molar-refractivity contribution in [3.63, 3.8) is 0 Å². The minimum Gasteiger partial charge on any atom is -0.507 e. The number of anilines is 1. The lowest BCUT2D eigenvalue weighted by molar-refractivity contribution is -0.384. The molecular weight excluding hydrogens is 348 g/mol. The quantitative estimate of drug-likeness (QED) is 0.353. The summed E-state index contributed by atoms with van der Waals surface area (Å²) in [5, 5.41) is 29.3. The Morgan fingerprint density at radius 2 is 1.89 bits per heavy atom. The molecule has 0 fully saturated rings. The molecule has 0 saturated heterocycles. The predicted octanol–water partition coefficient (Wildman–Crippen LogP) is 3.02. The number of rotatable bonds is 6. The van der Waals surface area contributed by atoms with Crippen LogP contribution in [0.5, 0.6) is 5.75 Å². The summed E-state index contributed by atoms with van der Waals surface area (Å²) in [7, 11) is 0. The van der Waals surface area contributed by atoms with Gasteiger partial charge in [-0.25, -0.2) is 5.43 Å². The molecule has 3 aromatic carbocycles. The molecule has 0 heterocycles. The number of aromatic hydroxyl groups is 1. The molecule has 0 aliphatic heterocycles. The van der Waals surface area contributed by atoms with Crippen molar-refractivity contribution in [1.82, 2.24) is 5.43 Å². The second kappa shape index (κ2) is 7.96. The Morgan fingerprint density at radius 3 is 2.67 bits per heavy atom. The number of phenols is 1. The number of carbonyl (C=O) groups excluding carboxylic acids is 1. The van der Waals surface area contributed by atoms with E-state index in [-0.39, 0.29) is 23.5 Å². The van der Waals surface area contributed by atoms with Crippen LogP contribution in [0, 0.1) is 10.1 Å². The largest absolute Gasteiger partial charge is 0.507 e. The van der Waals surface area contributed by atoms with Gasteiger partial charge >= 0.3 is 0 Å². The Hall–Kier alpha value is -3.94. The van der Waals surface area contributed by atoms with Gasteiger partial charge in [-0.3, -0.25) is 14.9 Å². The summed E-state index contributed by atoms with van der Waals surface area (Å²) in [6.07, 6.45) is 1.15. The molecule has 0 spiro atoms. The molecule has 0 unspecified atom stereocenters. The number of fused-ring (bicyclic) bond motifs is 1. The van der Waals surface area contributed by atoms with E-state index in [4.69, 9.17) is 0 Å². The predicted molar refractivity (Wildman–Crippen MR) is 103 cm³/mol. The number of benzene rings is 3. The fraction of sp³-hybridized carbons (Fsp3) is 0.0526. The molecule has 0 aliphatic rings. The molecule has 0 bridgehead atoms. The maximum atomic E-state index is 11.9. The minimum atomic E-state index is -0.581. The van der Waals surface area contributed by atoms with E-state index in [1.54, 1.807) is 0 Å². The maximum Gasteiger partial charge on any atom is 0.270 e. The molecule has 8 heteroatoms. The van der Waals surface area contributed by atoms with Crippen LogP contribution in [-0.2, 0) is 4.79 Å². The van der Waals surface area contributed by atoms with Crippen molar-refractivity contribution in [2.24, 2.45) is 5.10 Å². The number of nitro groups is 1. The first-order valence-corrected chi connectivity index (χ1v) is 8.05. The number of hydrogen-bond donors (Lipinski definition) is 3. The maximum absolute atomic E-state index is 11.9. The Labute approximate surface area is 154 Å². The van der Waals surface area contributed by atoms with Crippen LogP contribution in [0.25, 0.3) is 10.8 Å². The molecule has 8 nitrogen and oxygen atoms in total. The highest BCUT2D eigenvalue weighted by Gasteiger charge is 2.09. The first-order chi connectivity index (χ1) is 13.0. The molecule has 3 N–H and O–H groups in total. The van der Waals surface area contributed by atoms with Crippen LogP contribution in [0.15, 0.2) is 65.8 Å². The zero-order valence-electron chi connectivity index (χ0n) is 14.1.